The fourth-order valence-corrected chi connectivity index (χ4v) is 1.69. The Kier molecular flexibility index (Phi) is 3.90. The van der Waals surface area contributed by atoms with E-state index < -0.39 is 0 Å². The number of hydrogen-bond donors (Lipinski definition) is 1. The molecule has 0 aliphatic carbocycles. The van der Waals surface area contributed by atoms with Crippen LogP contribution < -0.4 is 5.32 Å². The molecule has 0 heterocycles. The van der Waals surface area contributed by atoms with Crippen LogP contribution in [0.4, 0.5) is 0 Å². The van der Waals surface area contributed by atoms with Crippen LogP contribution in [0, 0.1) is 6.92 Å². The van der Waals surface area contributed by atoms with Gasteiger partial charge in [-0.3, -0.25) is 0 Å². The summed E-state index contributed by atoms with van der Waals surface area (Å²) in [6.45, 7) is 8.18. The maximum atomic E-state index is 3.96. The molecule has 14 heavy (non-hydrogen) atoms. The summed E-state index contributed by atoms with van der Waals surface area (Å²) in [6.07, 6.45) is 1.00. The molecule has 1 rings (SSSR count). The van der Waals surface area contributed by atoms with Gasteiger partial charge in [-0.2, -0.15) is 0 Å². The molecule has 1 nitrogen and oxygen atoms in total. The Bertz CT molecular complexity index is 315. The van der Waals surface area contributed by atoms with Crippen LogP contribution >= 0.6 is 0 Å². The van der Waals surface area contributed by atoms with Crippen molar-refractivity contribution in [1.29, 1.82) is 0 Å². The van der Waals surface area contributed by atoms with Crippen LogP contribution in [-0.2, 0) is 0 Å². The summed E-state index contributed by atoms with van der Waals surface area (Å²) in [7, 11) is 2.00. The molecule has 0 saturated carbocycles. The Morgan fingerprint density at radius 2 is 2.07 bits per heavy atom. The van der Waals surface area contributed by atoms with Crippen LogP contribution in [0.2, 0.25) is 0 Å². The molecule has 1 aromatic rings. The molecule has 0 fully saturated rings. The largest absolute Gasteiger partial charge is 0.313 e. The Morgan fingerprint density at radius 1 is 1.43 bits per heavy atom. The number of nitrogens with one attached hydrogen (secondary N) is 1. The lowest BCUT2D eigenvalue weighted by atomic mass is 9.96. The zero-order valence-electron chi connectivity index (χ0n) is 9.30. The van der Waals surface area contributed by atoms with E-state index in [9.17, 15) is 0 Å². The Labute approximate surface area is 86.8 Å². The molecule has 0 spiro atoms. The molecule has 1 aromatic carbocycles. The molecule has 76 valence electrons. The average Bonchev–Trinajstić information content (AvgIpc) is 2.15. The lowest BCUT2D eigenvalue weighted by molar-refractivity contribution is 0.587. The van der Waals surface area contributed by atoms with Crippen molar-refractivity contribution in [2.75, 3.05) is 7.05 Å². The maximum absolute atomic E-state index is 3.96. The van der Waals surface area contributed by atoms with Gasteiger partial charge in [0.05, 0.1) is 0 Å². The Balaban J connectivity index is 2.89. The Hall–Kier alpha value is -1.08. The van der Waals surface area contributed by atoms with E-state index in [0.29, 0.717) is 6.04 Å². The van der Waals surface area contributed by atoms with Gasteiger partial charge in [-0.15, -0.1) is 6.58 Å². The molecule has 0 aromatic heterocycles. The van der Waals surface area contributed by atoms with Crippen LogP contribution in [-0.4, -0.2) is 7.05 Å². The topological polar surface area (TPSA) is 12.0 Å². The highest BCUT2D eigenvalue weighted by Gasteiger charge is 2.10. The molecule has 0 saturated heterocycles. The van der Waals surface area contributed by atoms with Crippen molar-refractivity contribution >= 4 is 0 Å². The lowest BCUT2D eigenvalue weighted by Crippen LogP contribution is -2.17. The SMILES string of the molecule is C=C(C)CC(NC)c1ccccc1C. The monoisotopic (exact) mass is 189 g/mol. The van der Waals surface area contributed by atoms with Crippen molar-refractivity contribution < 1.29 is 0 Å². The van der Waals surface area contributed by atoms with Gasteiger partial charge in [-0.05, 0) is 38.4 Å². The zero-order chi connectivity index (χ0) is 10.6. The molecular weight excluding hydrogens is 170 g/mol. The average molecular weight is 189 g/mol. The van der Waals surface area contributed by atoms with E-state index in [-0.39, 0.29) is 0 Å². The molecule has 0 amide bonds. The van der Waals surface area contributed by atoms with Crippen molar-refractivity contribution in [3.63, 3.8) is 0 Å². The number of hydrogen-bond acceptors (Lipinski definition) is 1. The molecule has 0 aliphatic rings. The number of rotatable bonds is 4. The van der Waals surface area contributed by atoms with Crippen LogP contribution in [0.25, 0.3) is 0 Å². The normalized spacial score (nSPS) is 12.5. The first-order valence-corrected chi connectivity index (χ1v) is 5.02. The molecule has 1 N–H and O–H groups in total. The van der Waals surface area contributed by atoms with Gasteiger partial charge in [0.2, 0.25) is 0 Å². The molecule has 0 radical (unpaired) electrons. The fourth-order valence-electron chi connectivity index (χ4n) is 1.69. The van der Waals surface area contributed by atoms with E-state index in [1.165, 1.54) is 16.7 Å². The fraction of sp³-hybridized carbons (Fsp3) is 0.385. The first-order valence-electron chi connectivity index (χ1n) is 5.02. The molecular formula is C13H19N. The second kappa shape index (κ2) is 4.97. The smallest absolute Gasteiger partial charge is 0.0357 e. The van der Waals surface area contributed by atoms with Gasteiger partial charge in [-0.1, -0.05) is 29.8 Å². The van der Waals surface area contributed by atoms with E-state index in [0.717, 1.165) is 6.42 Å². The summed E-state index contributed by atoms with van der Waals surface area (Å²) < 4.78 is 0. The van der Waals surface area contributed by atoms with Crippen LogP contribution in [0.5, 0.6) is 0 Å². The lowest BCUT2D eigenvalue weighted by Gasteiger charge is -2.18. The molecule has 0 bridgehead atoms. The van der Waals surface area contributed by atoms with Crippen molar-refractivity contribution in [2.45, 2.75) is 26.3 Å². The van der Waals surface area contributed by atoms with E-state index >= 15 is 0 Å². The van der Waals surface area contributed by atoms with Crippen LogP contribution in [0.3, 0.4) is 0 Å². The molecule has 1 unspecified atom stereocenters. The minimum absolute atomic E-state index is 0.397. The summed E-state index contributed by atoms with van der Waals surface area (Å²) in [5, 5.41) is 3.33. The number of aryl methyl sites for hydroxylation is 1. The van der Waals surface area contributed by atoms with Crippen LogP contribution in [0.15, 0.2) is 36.4 Å². The van der Waals surface area contributed by atoms with Gasteiger partial charge in [0.25, 0.3) is 0 Å². The van der Waals surface area contributed by atoms with Crippen molar-refractivity contribution in [3.05, 3.63) is 47.5 Å². The number of benzene rings is 1. The highest BCUT2D eigenvalue weighted by molar-refractivity contribution is 5.29. The first kappa shape index (κ1) is 11.0. The predicted octanol–water partition coefficient (Wildman–Crippen LogP) is 3.22. The van der Waals surface area contributed by atoms with Crippen molar-refractivity contribution in [3.8, 4) is 0 Å². The third-order valence-electron chi connectivity index (χ3n) is 2.46. The summed E-state index contributed by atoms with van der Waals surface area (Å²) in [5.41, 5.74) is 3.93. The van der Waals surface area contributed by atoms with E-state index in [1.54, 1.807) is 0 Å². The minimum Gasteiger partial charge on any atom is -0.313 e. The standard InChI is InChI=1S/C13H19N/c1-10(2)9-13(14-4)12-8-6-5-7-11(12)3/h5-8,13-14H,1,9H2,2-4H3. The summed E-state index contributed by atoms with van der Waals surface area (Å²) in [4.78, 5) is 0. The highest BCUT2D eigenvalue weighted by atomic mass is 14.9. The van der Waals surface area contributed by atoms with Gasteiger partial charge in [0.15, 0.2) is 0 Å². The van der Waals surface area contributed by atoms with E-state index in [1.807, 2.05) is 7.05 Å². The molecule has 1 atom stereocenters. The highest BCUT2D eigenvalue weighted by Crippen LogP contribution is 2.22. The third-order valence-corrected chi connectivity index (χ3v) is 2.46. The van der Waals surface area contributed by atoms with E-state index in [4.69, 9.17) is 0 Å². The second-order valence-corrected chi connectivity index (χ2v) is 3.86. The van der Waals surface area contributed by atoms with Crippen LogP contribution in [0.1, 0.15) is 30.5 Å². The van der Waals surface area contributed by atoms with Gasteiger partial charge in [0.1, 0.15) is 0 Å². The predicted molar refractivity (Wildman–Crippen MR) is 62.4 cm³/mol. The summed E-state index contributed by atoms with van der Waals surface area (Å²) >= 11 is 0. The van der Waals surface area contributed by atoms with Gasteiger partial charge >= 0.3 is 0 Å². The summed E-state index contributed by atoms with van der Waals surface area (Å²) in [5.74, 6) is 0. The van der Waals surface area contributed by atoms with Crippen molar-refractivity contribution in [1.82, 2.24) is 5.32 Å². The molecule has 0 aliphatic heterocycles. The zero-order valence-corrected chi connectivity index (χ0v) is 9.30. The van der Waals surface area contributed by atoms with Gasteiger partial charge in [0, 0.05) is 6.04 Å². The second-order valence-electron chi connectivity index (χ2n) is 3.86. The first-order chi connectivity index (χ1) is 6.65. The Morgan fingerprint density at radius 3 is 2.57 bits per heavy atom. The maximum Gasteiger partial charge on any atom is 0.0357 e. The minimum atomic E-state index is 0.397. The quantitative estimate of drug-likeness (QED) is 0.717. The molecule has 1 heteroatoms. The third kappa shape index (κ3) is 2.71. The van der Waals surface area contributed by atoms with E-state index in [2.05, 4.69) is 50.0 Å². The van der Waals surface area contributed by atoms with Gasteiger partial charge in [-0.25, -0.2) is 0 Å². The summed E-state index contributed by atoms with van der Waals surface area (Å²) in [6, 6.07) is 8.89. The van der Waals surface area contributed by atoms with Gasteiger partial charge < -0.3 is 5.32 Å². The van der Waals surface area contributed by atoms with Crippen molar-refractivity contribution in [2.24, 2.45) is 0 Å².